The van der Waals surface area contributed by atoms with Crippen LogP contribution in [-0.2, 0) is 13.6 Å². The van der Waals surface area contributed by atoms with E-state index in [1.807, 2.05) is 60.3 Å². The molecule has 2 N–H and O–H groups in total. The van der Waals surface area contributed by atoms with Gasteiger partial charge in [0.05, 0.1) is 11.8 Å². The van der Waals surface area contributed by atoms with Crippen molar-refractivity contribution < 1.29 is 14.0 Å². The summed E-state index contributed by atoms with van der Waals surface area (Å²) in [6.07, 6.45) is 3.29. The molecular weight excluding hydrogens is 354 g/mol. The highest BCUT2D eigenvalue weighted by Gasteiger charge is 2.13. The summed E-state index contributed by atoms with van der Waals surface area (Å²) < 4.78 is 7.03. The van der Waals surface area contributed by atoms with Crippen molar-refractivity contribution in [3.05, 3.63) is 90.0 Å². The number of benzene rings is 2. The Bertz CT molecular complexity index is 1140. The Morgan fingerprint density at radius 1 is 1.00 bits per heavy atom. The highest BCUT2D eigenvalue weighted by molar-refractivity contribution is 6.07. The number of hydrogen-bond donors (Lipinski definition) is 2. The predicted octanol–water partition coefficient (Wildman–Crippen LogP) is 3.95. The van der Waals surface area contributed by atoms with Gasteiger partial charge in [0, 0.05) is 36.4 Å². The number of fused-ring (bicyclic) bond motifs is 1. The van der Waals surface area contributed by atoms with Gasteiger partial charge in [0.2, 0.25) is 0 Å². The molecule has 2 amide bonds. The van der Waals surface area contributed by atoms with E-state index in [0.717, 1.165) is 16.5 Å². The Labute approximate surface area is 161 Å². The molecule has 28 heavy (non-hydrogen) atoms. The number of amides is 2. The SMILES string of the molecule is Cn1cc(C(=O)NCc2cccc(NC(=O)c3ccco3)c2)c2ccccc21. The molecule has 2 heterocycles. The lowest BCUT2D eigenvalue weighted by Crippen LogP contribution is -2.22. The van der Waals surface area contributed by atoms with Gasteiger partial charge in [0.25, 0.3) is 11.8 Å². The fourth-order valence-electron chi connectivity index (χ4n) is 3.16. The quantitative estimate of drug-likeness (QED) is 0.556. The molecule has 0 aliphatic heterocycles. The van der Waals surface area contributed by atoms with Crippen molar-refractivity contribution in [3.8, 4) is 0 Å². The fraction of sp³-hybridized carbons (Fsp3) is 0.0909. The van der Waals surface area contributed by atoms with E-state index in [9.17, 15) is 9.59 Å². The molecule has 2 aromatic carbocycles. The lowest BCUT2D eigenvalue weighted by molar-refractivity contribution is 0.0951. The van der Waals surface area contributed by atoms with Crippen molar-refractivity contribution in [1.82, 2.24) is 9.88 Å². The maximum Gasteiger partial charge on any atom is 0.291 e. The van der Waals surface area contributed by atoms with Gasteiger partial charge in [-0.15, -0.1) is 0 Å². The molecule has 2 aromatic heterocycles. The predicted molar refractivity (Wildman–Crippen MR) is 107 cm³/mol. The number of furan rings is 1. The zero-order valence-electron chi connectivity index (χ0n) is 15.3. The molecule has 6 nitrogen and oxygen atoms in total. The van der Waals surface area contributed by atoms with Gasteiger partial charge in [-0.2, -0.15) is 0 Å². The van der Waals surface area contributed by atoms with Crippen molar-refractivity contribution in [2.24, 2.45) is 7.05 Å². The Balaban J connectivity index is 1.44. The number of nitrogens with zero attached hydrogens (tertiary/aromatic N) is 1. The summed E-state index contributed by atoms with van der Waals surface area (Å²) in [6, 6.07) is 18.4. The fourth-order valence-corrected chi connectivity index (χ4v) is 3.16. The second-order valence-corrected chi connectivity index (χ2v) is 6.49. The Kier molecular flexibility index (Phi) is 4.68. The second kappa shape index (κ2) is 7.44. The molecule has 0 radical (unpaired) electrons. The van der Waals surface area contributed by atoms with Gasteiger partial charge in [-0.1, -0.05) is 30.3 Å². The first-order valence-electron chi connectivity index (χ1n) is 8.88. The third-order valence-corrected chi connectivity index (χ3v) is 4.52. The summed E-state index contributed by atoms with van der Waals surface area (Å²) in [7, 11) is 1.92. The zero-order valence-corrected chi connectivity index (χ0v) is 15.3. The minimum absolute atomic E-state index is 0.137. The van der Waals surface area contributed by atoms with Crippen LogP contribution in [0.15, 0.2) is 77.5 Å². The van der Waals surface area contributed by atoms with Crippen molar-refractivity contribution >= 4 is 28.4 Å². The number of carbonyl (C=O) groups is 2. The van der Waals surface area contributed by atoms with Crippen LogP contribution in [-0.4, -0.2) is 16.4 Å². The summed E-state index contributed by atoms with van der Waals surface area (Å²) in [5, 5.41) is 6.65. The van der Waals surface area contributed by atoms with Crippen LogP contribution >= 0.6 is 0 Å². The van der Waals surface area contributed by atoms with Crippen molar-refractivity contribution in [2.45, 2.75) is 6.54 Å². The zero-order chi connectivity index (χ0) is 19.5. The number of hydrogen-bond acceptors (Lipinski definition) is 3. The summed E-state index contributed by atoms with van der Waals surface area (Å²) >= 11 is 0. The van der Waals surface area contributed by atoms with Gasteiger partial charge < -0.3 is 19.6 Å². The van der Waals surface area contributed by atoms with E-state index in [1.165, 1.54) is 6.26 Å². The van der Waals surface area contributed by atoms with Gasteiger partial charge in [0.15, 0.2) is 5.76 Å². The molecule has 4 rings (SSSR count). The van der Waals surface area contributed by atoms with E-state index >= 15 is 0 Å². The summed E-state index contributed by atoms with van der Waals surface area (Å²) in [4.78, 5) is 24.7. The Morgan fingerprint density at radius 3 is 2.68 bits per heavy atom. The Hall–Kier alpha value is -3.80. The lowest BCUT2D eigenvalue weighted by Gasteiger charge is -2.08. The second-order valence-electron chi connectivity index (χ2n) is 6.49. The van der Waals surface area contributed by atoms with Crippen LogP contribution in [0, 0.1) is 0 Å². The van der Waals surface area contributed by atoms with Gasteiger partial charge in [-0.25, -0.2) is 0 Å². The topological polar surface area (TPSA) is 76.3 Å². The maximum atomic E-state index is 12.7. The number of carbonyl (C=O) groups excluding carboxylic acids is 2. The number of para-hydroxylation sites is 1. The maximum absolute atomic E-state index is 12.7. The summed E-state index contributed by atoms with van der Waals surface area (Å²) in [6.45, 7) is 0.354. The molecule has 0 aliphatic carbocycles. The standard InChI is InChI=1S/C22H19N3O3/c1-25-14-18(17-8-2-3-9-19(17)25)21(26)23-13-15-6-4-7-16(12-15)24-22(27)20-10-5-11-28-20/h2-12,14H,13H2,1H3,(H,23,26)(H,24,27). The largest absolute Gasteiger partial charge is 0.459 e. The molecule has 0 atom stereocenters. The molecule has 0 aliphatic rings. The van der Waals surface area contributed by atoms with E-state index in [1.54, 1.807) is 18.2 Å². The van der Waals surface area contributed by atoms with Crippen LogP contribution in [0.1, 0.15) is 26.5 Å². The van der Waals surface area contributed by atoms with Gasteiger partial charge in [-0.05, 0) is 35.9 Å². The number of nitrogens with one attached hydrogen (secondary N) is 2. The van der Waals surface area contributed by atoms with Crippen LogP contribution in [0.25, 0.3) is 10.9 Å². The first kappa shape index (κ1) is 17.6. The third-order valence-electron chi connectivity index (χ3n) is 4.52. The smallest absolute Gasteiger partial charge is 0.291 e. The molecule has 0 fully saturated rings. The minimum atomic E-state index is -0.318. The van der Waals surface area contributed by atoms with E-state index in [4.69, 9.17) is 4.42 Å². The van der Waals surface area contributed by atoms with E-state index < -0.39 is 0 Å². The van der Waals surface area contributed by atoms with Crippen LogP contribution in [0.5, 0.6) is 0 Å². The van der Waals surface area contributed by atoms with Crippen LogP contribution in [0.4, 0.5) is 5.69 Å². The molecule has 0 unspecified atom stereocenters. The van der Waals surface area contributed by atoms with Crippen molar-refractivity contribution in [1.29, 1.82) is 0 Å². The number of aryl methyl sites for hydroxylation is 1. The number of anilines is 1. The molecular formula is C22H19N3O3. The van der Waals surface area contributed by atoms with E-state index in [2.05, 4.69) is 10.6 Å². The first-order valence-corrected chi connectivity index (χ1v) is 8.88. The first-order chi connectivity index (χ1) is 13.6. The van der Waals surface area contributed by atoms with E-state index in [-0.39, 0.29) is 17.6 Å². The number of aromatic nitrogens is 1. The average Bonchev–Trinajstić information content (AvgIpc) is 3.35. The van der Waals surface area contributed by atoms with Crippen molar-refractivity contribution in [2.75, 3.05) is 5.32 Å². The molecule has 0 saturated carbocycles. The van der Waals surface area contributed by atoms with Crippen LogP contribution in [0.3, 0.4) is 0 Å². The third kappa shape index (κ3) is 3.53. The normalized spacial score (nSPS) is 10.8. The molecule has 6 heteroatoms. The average molecular weight is 373 g/mol. The van der Waals surface area contributed by atoms with Gasteiger partial charge in [0.1, 0.15) is 0 Å². The van der Waals surface area contributed by atoms with Crippen LogP contribution in [0.2, 0.25) is 0 Å². The minimum Gasteiger partial charge on any atom is -0.459 e. The highest BCUT2D eigenvalue weighted by Crippen LogP contribution is 2.20. The number of rotatable bonds is 5. The van der Waals surface area contributed by atoms with Crippen LogP contribution < -0.4 is 10.6 Å². The molecule has 0 saturated heterocycles. The molecule has 4 aromatic rings. The molecule has 0 bridgehead atoms. The van der Waals surface area contributed by atoms with Crippen molar-refractivity contribution in [3.63, 3.8) is 0 Å². The molecule has 140 valence electrons. The summed E-state index contributed by atoms with van der Waals surface area (Å²) in [5.41, 5.74) is 3.17. The van der Waals surface area contributed by atoms with Gasteiger partial charge in [-0.3, -0.25) is 9.59 Å². The molecule has 0 spiro atoms. The Morgan fingerprint density at radius 2 is 1.86 bits per heavy atom. The summed E-state index contributed by atoms with van der Waals surface area (Å²) in [5.74, 6) is -0.210. The lowest BCUT2D eigenvalue weighted by atomic mass is 10.1. The highest BCUT2D eigenvalue weighted by atomic mass is 16.3. The van der Waals surface area contributed by atoms with E-state index in [0.29, 0.717) is 17.8 Å². The van der Waals surface area contributed by atoms with Gasteiger partial charge >= 0.3 is 0 Å². The monoisotopic (exact) mass is 373 g/mol.